The molecule has 2 unspecified atom stereocenters. The highest BCUT2D eigenvalue weighted by atomic mass is 32.2. The lowest BCUT2D eigenvalue weighted by molar-refractivity contribution is -0.123. The zero-order valence-corrected chi connectivity index (χ0v) is 14.0. The maximum Gasteiger partial charge on any atom is 0.237 e. The molecule has 6 heteroatoms. The number of rotatable bonds is 6. The molecule has 2 N–H and O–H groups in total. The Bertz CT molecular complexity index is 579. The van der Waals surface area contributed by atoms with Crippen LogP contribution in [0.3, 0.4) is 0 Å². The van der Waals surface area contributed by atoms with Crippen LogP contribution in [-0.2, 0) is 14.6 Å². The van der Waals surface area contributed by atoms with Crippen LogP contribution >= 0.6 is 0 Å². The number of benzene rings is 1. The Hall–Kier alpha value is -1.40. The van der Waals surface area contributed by atoms with E-state index in [1.54, 1.807) is 31.2 Å². The van der Waals surface area contributed by atoms with Crippen LogP contribution < -0.4 is 10.6 Å². The van der Waals surface area contributed by atoms with Gasteiger partial charge in [0, 0.05) is 18.3 Å². The molecule has 0 aromatic heterocycles. The van der Waals surface area contributed by atoms with E-state index in [2.05, 4.69) is 10.6 Å². The molecule has 0 aliphatic heterocycles. The number of sulfone groups is 1. The topological polar surface area (TPSA) is 75.3 Å². The van der Waals surface area contributed by atoms with E-state index in [0.29, 0.717) is 4.90 Å². The van der Waals surface area contributed by atoms with Gasteiger partial charge in [0.1, 0.15) is 0 Å². The van der Waals surface area contributed by atoms with Gasteiger partial charge in [0.25, 0.3) is 0 Å². The molecule has 1 amide bonds. The molecule has 0 spiro atoms. The Morgan fingerprint density at radius 1 is 1.05 bits per heavy atom. The van der Waals surface area contributed by atoms with E-state index in [9.17, 15) is 13.2 Å². The summed E-state index contributed by atoms with van der Waals surface area (Å²) in [5, 5.41) is 6.05. The molecule has 1 rings (SSSR count). The van der Waals surface area contributed by atoms with Crippen molar-refractivity contribution in [1.29, 1.82) is 0 Å². The summed E-state index contributed by atoms with van der Waals surface area (Å²) < 4.78 is 22.8. The third kappa shape index (κ3) is 5.47. The largest absolute Gasteiger partial charge is 0.353 e. The van der Waals surface area contributed by atoms with Crippen LogP contribution in [-0.4, -0.2) is 32.7 Å². The first kappa shape index (κ1) is 17.7. The predicted octanol–water partition coefficient (Wildman–Crippen LogP) is 1.65. The van der Waals surface area contributed by atoms with Gasteiger partial charge in [0.15, 0.2) is 9.84 Å². The zero-order chi connectivity index (χ0) is 16.2. The van der Waals surface area contributed by atoms with Crippen LogP contribution in [0.4, 0.5) is 0 Å². The standard InChI is InChI=1S/C15H24N2O3S/c1-10(2)16-15(18)12(4)17-11(3)13-6-8-14(9-7-13)21(5,19)20/h6-12,17H,1-5H3,(H,16,18). The third-order valence-electron chi connectivity index (χ3n) is 3.13. The van der Waals surface area contributed by atoms with E-state index in [4.69, 9.17) is 0 Å². The highest BCUT2D eigenvalue weighted by molar-refractivity contribution is 7.90. The summed E-state index contributed by atoms with van der Waals surface area (Å²) in [6, 6.07) is 6.43. The lowest BCUT2D eigenvalue weighted by Gasteiger charge is -2.21. The molecule has 0 saturated carbocycles. The highest BCUT2D eigenvalue weighted by Gasteiger charge is 2.17. The van der Waals surface area contributed by atoms with Crippen molar-refractivity contribution in [2.45, 2.75) is 50.7 Å². The van der Waals surface area contributed by atoms with Gasteiger partial charge < -0.3 is 5.32 Å². The maximum atomic E-state index is 11.9. The molecule has 0 bridgehead atoms. The van der Waals surface area contributed by atoms with Gasteiger partial charge in [-0.1, -0.05) is 12.1 Å². The van der Waals surface area contributed by atoms with Crippen molar-refractivity contribution in [2.75, 3.05) is 6.26 Å². The molecule has 5 nitrogen and oxygen atoms in total. The van der Waals surface area contributed by atoms with E-state index in [-0.39, 0.29) is 24.0 Å². The number of amides is 1. The molecule has 2 atom stereocenters. The Kier molecular flexibility index (Phi) is 5.92. The summed E-state index contributed by atoms with van der Waals surface area (Å²) in [5.41, 5.74) is 0.937. The van der Waals surface area contributed by atoms with E-state index >= 15 is 0 Å². The van der Waals surface area contributed by atoms with Crippen molar-refractivity contribution in [2.24, 2.45) is 0 Å². The minimum Gasteiger partial charge on any atom is -0.353 e. The maximum absolute atomic E-state index is 11.9. The molecular weight excluding hydrogens is 288 g/mol. The van der Waals surface area contributed by atoms with Gasteiger partial charge in [0.2, 0.25) is 5.91 Å². The second kappa shape index (κ2) is 7.04. The van der Waals surface area contributed by atoms with Crippen LogP contribution in [0, 0.1) is 0 Å². The molecule has 0 heterocycles. The summed E-state index contributed by atoms with van der Waals surface area (Å²) >= 11 is 0. The Morgan fingerprint density at radius 3 is 2.00 bits per heavy atom. The summed E-state index contributed by atoms with van der Waals surface area (Å²) in [7, 11) is -3.18. The van der Waals surface area contributed by atoms with E-state index in [0.717, 1.165) is 5.56 Å². The molecule has 0 saturated heterocycles. The third-order valence-corrected chi connectivity index (χ3v) is 4.26. The number of carbonyl (C=O) groups is 1. The summed E-state index contributed by atoms with van der Waals surface area (Å²) in [5.74, 6) is -0.0513. The first-order valence-electron chi connectivity index (χ1n) is 6.97. The van der Waals surface area contributed by atoms with Gasteiger partial charge in [-0.15, -0.1) is 0 Å². The number of hydrogen-bond acceptors (Lipinski definition) is 4. The fourth-order valence-electron chi connectivity index (χ4n) is 1.96. The van der Waals surface area contributed by atoms with Gasteiger partial charge in [-0.25, -0.2) is 8.42 Å². The van der Waals surface area contributed by atoms with E-state index in [1.807, 2.05) is 20.8 Å². The Balaban J connectivity index is 2.72. The summed E-state index contributed by atoms with van der Waals surface area (Å²) in [6.07, 6.45) is 1.18. The average Bonchev–Trinajstić information content (AvgIpc) is 2.36. The molecule has 0 aliphatic carbocycles. The quantitative estimate of drug-likeness (QED) is 0.837. The van der Waals surface area contributed by atoms with Crippen molar-refractivity contribution in [3.8, 4) is 0 Å². The minimum absolute atomic E-state index is 0.0495. The van der Waals surface area contributed by atoms with Crippen molar-refractivity contribution in [3.63, 3.8) is 0 Å². The average molecular weight is 312 g/mol. The Morgan fingerprint density at radius 2 is 1.57 bits per heavy atom. The molecule has 21 heavy (non-hydrogen) atoms. The molecule has 1 aromatic rings. The fraction of sp³-hybridized carbons (Fsp3) is 0.533. The van der Waals surface area contributed by atoms with Crippen molar-refractivity contribution in [1.82, 2.24) is 10.6 Å². The van der Waals surface area contributed by atoms with Gasteiger partial charge in [-0.3, -0.25) is 10.1 Å². The molecule has 0 aliphatic rings. The smallest absolute Gasteiger partial charge is 0.237 e. The fourth-order valence-corrected chi connectivity index (χ4v) is 2.59. The van der Waals surface area contributed by atoms with Crippen LogP contribution in [0.25, 0.3) is 0 Å². The monoisotopic (exact) mass is 312 g/mol. The van der Waals surface area contributed by atoms with Gasteiger partial charge in [-0.05, 0) is 45.4 Å². The first-order chi connectivity index (χ1) is 9.61. The predicted molar refractivity (Wildman–Crippen MR) is 83.8 cm³/mol. The Labute approximate surface area is 127 Å². The highest BCUT2D eigenvalue weighted by Crippen LogP contribution is 2.16. The molecule has 0 radical (unpaired) electrons. The SMILES string of the molecule is CC(C)NC(=O)C(C)NC(C)c1ccc(S(C)(=O)=O)cc1. The van der Waals surface area contributed by atoms with Crippen LogP contribution in [0.2, 0.25) is 0 Å². The lowest BCUT2D eigenvalue weighted by atomic mass is 10.1. The van der Waals surface area contributed by atoms with Gasteiger partial charge in [0.05, 0.1) is 10.9 Å². The summed E-state index contributed by atoms with van der Waals surface area (Å²) in [4.78, 5) is 12.1. The molecular formula is C15H24N2O3S. The lowest BCUT2D eigenvalue weighted by Crippen LogP contribution is -2.45. The van der Waals surface area contributed by atoms with Gasteiger partial charge in [-0.2, -0.15) is 0 Å². The first-order valence-corrected chi connectivity index (χ1v) is 8.87. The van der Waals surface area contributed by atoms with Crippen molar-refractivity contribution in [3.05, 3.63) is 29.8 Å². The van der Waals surface area contributed by atoms with Gasteiger partial charge >= 0.3 is 0 Å². The number of hydrogen-bond donors (Lipinski definition) is 2. The van der Waals surface area contributed by atoms with E-state index in [1.165, 1.54) is 6.26 Å². The molecule has 1 aromatic carbocycles. The summed E-state index contributed by atoms with van der Waals surface area (Å²) in [6.45, 7) is 7.57. The second-order valence-electron chi connectivity index (χ2n) is 5.61. The molecule has 118 valence electrons. The second-order valence-corrected chi connectivity index (χ2v) is 7.63. The van der Waals surface area contributed by atoms with Crippen molar-refractivity contribution < 1.29 is 13.2 Å². The van der Waals surface area contributed by atoms with Crippen molar-refractivity contribution >= 4 is 15.7 Å². The van der Waals surface area contributed by atoms with Crippen LogP contribution in [0.15, 0.2) is 29.2 Å². The number of nitrogens with one attached hydrogen (secondary N) is 2. The van der Waals surface area contributed by atoms with Crippen LogP contribution in [0.5, 0.6) is 0 Å². The normalized spacial score (nSPS) is 14.8. The molecule has 0 fully saturated rings. The van der Waals surface area contributed by atoms with Crippen LogP contribution in [0.1, 0.15) is 39.3 Å². The van der Waals surface area contributed by atoms with E-state index < -0.39 is 9.84 Å². The minimum atomic E-state index is -3.18. The zero-order valence-electron chi connectivity index (χ0n) is 13.2. The number of carbonyl (C=O) groups excluding carboxylic acids is 1.